The van der Waals surface area contributed by atoms with Gasteiger partial charge in [-0.1, -0.05) is 0 Å². The van der Waals surface area contributed by atoms with Gasteiger partial charge in [-0.3, -0.25) is 4.90 Å². The molecule has 7 rings (SSSR count). The number of rotatable bonds is 5. The maximum Gasteiger partial charge on any atom is 0.241 e. The Balaban J connectivity index is 1.11. The number of nitrogens with one attached hydrogen (secondary N) is 1. The Morgan fingerprint density at radius 2 is 1.75 bits per heavy atom. The zero-order chi connectivity index (χ0) is 24.1. The largest absolute Gasteiger partial charge is 0.381 e. The number of imidazole rings is 1. The highest BCUT2D eigenvalue weighted by molar-refractivity contribution is 5.85. The average molecular weight is 489 g/mol. The minimum Gasteiger partial charge on any atom is -0.381 e. The van der Waals surface area contributed by atoms with Gasteiger partial charge in [-0.2, -0.15) is 0 Å². The Hall–Kier alpha value is -3.08. The lowest BCUT2D eigenvalue weighted by molar-refractivity contribution is -0.00443. The van der Waals surface area contributed by atoms with Gasteiger partial charge in [0.05, 0.1) is 30.4 Å². The van der Waals surface area contributed by atoms with E-state index in [1.54, 1.807) is 0 Å². The van der Waals surface area contributed by atoms with E-state index in [0.29, 0.717) is 24.1 Å². The SMILES string of the molecule is Cc1nc2ncc(-c3ccn4nc(N[C@H]5C[C@H](N6CCOCC6)C5)ncc34)cc2n1C1CCOCC1. The Morgan fingerprint density at radius 1 is 0.944 bits per heavy atom. The van der Waals surface area contributed by atoms with Crippen LogP contribution in [0, 0.1) is 6.92 Å². The van der Waals surface area contributed by atoms with E-state index in [1.807, 2.05) is 23.1 Å². The lowest BCUT2D eigenvalue weighted by Crippen LogP contribution is -2.53. The zero-order valence-corrected chi connectivity index (χ0v) is 20.6. The van der Waals surface area contributed by atoms with Crippen molar-refractivity contribution in [3.8, 4) is 11.1 Å². The van der Waals surface area contributed by atoms with Gasteiger partial charge in [0, 0.05) is 67.9 Å². The first-order valence-corrected chi connectivity index (χ1v) is 13.1. The van der Waals surface area contributed by atoms with Gasteiger partial charge in [0.2, 0.25) is 5.95 Å². The molecule has 2 saturated heterocycles. The van der Waals surface area contributed by atoms with Crippen molar-refractivity contribution in [3.05, 3.63) is 36.5 Å². The predicted molar refractivity (Wildman–Crippen MR) is 136 cm³/mol. The first-order chi connectivity index (χ1) is 17.7. The van der Waals surface area contributed by atoms with Crippen molar-refractivity contribution >= 4 is 22.6 Å². The molecule has 0 amide bonds. The summed E-state index contributed by atoms with van der Waals surface area (Å²) >= 11 is 0. The average Bonchev–Trinajstić information content (AvgIpc) is 3.46. The third-order valence-corrected chi connectivity index (χ3v) is 8.02. The molecule has 0 bridgehead atoms. The van der Waals surface area contributed by atoms with E-state index in [0.717, 1.165) is 98.8 Å². The molecule has 10 nitrogen and oxygen atoms in total. The van der Waals surface area contributed by atoms with Crippen molar-refractivity contribution in [2.45, 2.75) is 50.7 Å². The highest BCUT2D eigenvalue weighted by Crippen LogP contribution is 2.32. The topological polar surface area (TPSA) is 94.6 Å². The van der Waals surface area contributed by atoms with E-state index in [1.165, 1.54) is 0 Å². The van der Waals surface area contributed by atoms with E-state index in [9.17, 15) is 0 Å². The molecule has 1 saturated carbocycles. The summed E-state index contributed by atoms with van der Waals surface area (Å²) < 4.78 is 15.3. The summed E-state index contributed by atoms with van der Waals surface area (Å²) in [6.07, 6.45) is 10.1. The van der Waals surface area contributed by atoms with Crippen LogP contribution in [0.4, 0.5) is 5.95 Å². The number of hydrogen-bond donors (Lipinski definition) is 1. The summed E-state index contributed by atoms with van der Waals surface area (Å²) in [5, 5.41) is 8.27. The third kappa shape index (κ3) is 3.93. The molecule has 4 aromatic rings. The quantitative estimate of drug-likeness (QED) is 0.458. The molecule has 1 aliphatic carbocycles. The molecule has 36 heavy (non-hydrogen) atoms. The first kappa shape index (κ1) is 22.1. The molecule has 4 aromatic heterocycles. The number of anilines is 1. The Morgan fingerprint density at radius 3 is 2.58 bits per heavy atom. The van der Waals surface area contributed by atoms with Crippen molar-refractivity contribution in [3.63, 3.8) is 0 Å². The molecule has 10 heteroatoms. The number of hydrogen-bond acceptors (Lipinski definition) is 8. The van der Waals surface area contributed by atoms with E-state index < -0.39 is 0 Å². The van der Waals surface area contributed by atoms with Crippen molar-refractivity contribution in [1.82, 2.24) is 34.0 Å². The fraction of sp³-hybridized carbons (Fsp3) is 0.538. The molecule has 188 valence electrons. The highest BCUT2D eigenvalue weighted by atomic mass is 16.5. The maximum atomic E-state index is 5.58. The minimum atomic E-state index is 0.401. The maximum absolute atomic E-state index is 5.58. The van der Waals surface area contributed by atoms with Crippen LogP contribution in [0.1, 0.15) is 37.5 Å². The summed E-state index contributed by atoms with van der Waals surface area (Å²) in [5.74, 6) is 1.69. The van der Waals surface area contributed by atoms with Gasteiger partial charge in [-0.15, -0.1) is 5.10 Å². The second kappa shape index (κ2) is 9.10. The van der Waals surface area contributed by atoms with Crippen LogP contribution in [0.5, 0.6) is 0 Å². The van der Waals surface area contributed by atoms with E-state index >= 15 is 0 Å². The number of morpholine rings is 1. The zero-order valence-electron chi connectivity index (χ0n) is 20.6. The van der Waals surface area contributed by atoms with E-state index in [-0.39, 0.29) is 0 Å². The molecule has 3 fully saturated rings. The fourth-order valence-corrected chi connectivity index (χ4v) is 5.98. The van der Waals surface area contributed by atoms with E-state index in [4.69, 9.17) is 24.5 Å². The molecular formula is C26H32N8O2. The van der Waals surface area contributed by atoms with Crippen LogP contribution in [0.25, 0.3) is 27.8 Å². The molecular weight excluding hydrogens is 456 g/mol. The van der Waals surface area contributed by atoms with Gasteiger partial charge in [0.15, 0.2) is 5.65 Å². The summed E-state index contributed by atoms with van der Waals surface area (Å²) in [7, 11) is 0. The monoisotopic (exact) mass is 488 g/mol. The third-order valence-electron chi connectivity index (χ3n) is 8.02. The summed E-state index contributed by atoms with van der Waals surface area (Å²) in [4.78, 5) is 16.6. The van der Waals surface area contributed by atoms with Gasteiger partial charge < -0.3 is 19.4 Å². The normalized spacial score (nSPS) is 23.8. The van der Waals surface area contributed by atoms with Gasteiger partial charge in [-0.25, -0.2) is 19.5 Å². The Kier molecular flexibility index (Phi) is 5.60. The number of nitrogens with zero attached hydrogens (tertiary/aromatic N) is 7. The van der Waals surface area contributed by atoms with E-state index in [2.05, 4.69) is 38.8 Å². The second-order valence-electron chi connectivity index (χ2n) is 10.2. The molecule has 1 N–H and O–H groups in total. The van der Waals surface area contributed by atoms with Crippen LogP contribution in [0.15, 0.2) is 30.7 Å². The van der Waals surface area contributed by atoms with Crippen LogP contribution in [0.3, 0.4) is 0 Å². The molecule has 0 unspecified atom stereocenters. The molecule has 2 aliphatic heterocycles. The van der Waals surface area contributed by atoms with Crippen LogP contribution in [0.2, 0.25) is 0 Å². The number of ether oxygens (including phenoxy) is 2. The van der Waals surface area contributed by atoms with Crippen LogP contribution in [-0.4, -0.2) is 85.6 Å². The summed E-state index contributed by atoms with van der Waals surface area (Å²) in [6.45, 7) is 7.45. The molecule has 0 spiro atoms. The standard InChI is InChI=1S/C26H32N8O2/c1-17-29-25-23(34(17)20-3-8-35-9-4-20)12-18(15-27-25)22-2-5-33-24(22)16-28-26(31-33)30-19-13-21(14-19)32-6-10-36-11-7-32/h2,5,12,15-16,19-21H,3-4,6-11,13-14H2,1H3,(H,30,31)/t19-,21-. The second-order valence-corrected chi connectivity index (χ2v) is 10.2. The van der Waals surface area contributed by atoms with Gasteiger partial charge >= 0.3 is 0 Å². The van der Waals surface area contributed by atoms with Gasteiger partial charge in [-0.05, 0) is 44.7 Å². The molecule has 3 aliphatic rings. The first-order valence-electron chi connectivity index (χ1n) is 13.1. The molecule has 0 aromatic carbocycles. The van der Waals surface area contributed by atoms with Gasteiger partial charge in [0.1, 0.15) is 5.82 Å². The van der Waals surface area contributed by atoms with Crippen molar-refractivity contribution < 1.29 is 9.47 Å². The lowest BCUT2D eigenvalue weighted by atomic mass is 9.85. The minimum absolute atomic E-state index is 0.401. The predicted octanol–water partition coefficient (Wildman–Crippen LogP) is 3.08. The number of aromatic nitrogens is 6. The highest BCUT2D eigenvalue weighted by Gasteiger charge is 2.34. The number of pyridine rings is 1. The number of aryl methyl sites for hydroxylation is 1. The van der Waals surface area contributed by atoms with Crippen molar-refractivity contribution in [2.24, 2.45) is 0 Å². The lowest BCUT2D eigenvalue weighted by Gasteiger charge is -2.44. The Bertz CT molecular complexity index is 1380. The van der Waals surface area contributed by atoms with Crippen LogP contribution < -0.4 is 5.32 Å². The van der Waals surface area contributed by atoms with Gasteiger partial charge in [0.25, 0.3) is 0 Å². The van der Waals surface area contributed by atoms with Crippen molar-refractivity contribution in [2.75, 3.05) is 44.8 Å². The van der Waals surface area contributed by atoms with Crippen LogP contribution >= 0.6 is 0 Å². The van der Waals surface area contributed by atoms with Crippen LogP contribution in [-0.2, 0) is 9.47 Å². The summed E-state index contributed by atoms with van der Waals surface area (Å²) in [5.41, 5.74) is 4.97. The number of fused-ring (bicyclic) bond motifs is 2. The molecule has 0 radical (unpaired) electrons. The fourth-order valence-electron chi connectivity index (χ4n) is 5.98. The van der Waals surface area contributed by atoms with Crippen molar-refractivity contribution in [1.29, 1.82) is 0 Å². The summed E-state index contributed by atoms with van der Waals surface area (Å²) in [6, 6.07) is 5.77. The smallest absolute Gasteiger partial charge is 0.241 e. The molecule has 0 atom stereocenters. The molecule has 6 heterocycles. The Labute approximate surface area is 209 Å².